The standard InChI is InChI=1S/C33H46O8S/c1-8-12-28(36)41-26-16-15-19(2)17-25(42-23-13-10-9-11-14-23)29(21(4)32(38)39-7)31(37)30-20(3)24(35)18-27(33(26,30)6)40-22(5)34/h9-11,13-14,17,20-21,24-27,30,35,37H,8,12,15-16,18H2,1-7H3/b19-17-,31-29+/t20-,21-,24-,25?,26?,27+,30-,33+/m1/s1. The Kier molecular flexibility index (Phi) is 11.7. The highest BCUT2D eigenvalue weighted by Crippen LogP contribution is 2.55. The predicted octanol–water partition coefficient (Wildman–Crippen LogP) is 6.18. The zero-order valence-corrected chi connectivity index (χ0v) is 26.6. The van der Waals surface area contributed by atoms with Crippen LogP contribution in [0.3, 0.4) is 0 Å². The molecule has 2 unspecified atom stereocenters. The van der Waals surface area contributed by atoms with Crippen LogP contribution in [0.5, 0.6) is 0 Å². The smallest absolute Gasteiger partial charge is 0.312 e. The van der Waals surface area contributed by atoms with E-state index in [2.05, 4.69) is 0 Å². The van der Waals surface area contributed by atoms with Gasteiger partial charge in [-0.25, -0.2) is 0 Å². The summed E-state index contributed by atoms with van der Waals surface area (Å²) in [5, 5.41) is 23.2. The minimum absolute atomic E-state index is 0.0743. The summed E-state index contributed by atoms with van der Waals surface area (Å²) in [5.74, 6) is -3.63. The average Bonchev–Trinajstić information content (AvgIpc) is 2.93. The maximum Gasteiger partial charge on any atom is 0.312 e. The highest BCUT2D eigenvalue weighted by molar-refractivity contribution is 8.00. The van der Waals surface area contributed by atoms with Gasteiger partial charge in [0, 0.05) is 30.6 Å². The second-order valence-corrected chi connectivity index (χ2v) is 13.0. The second-order valence-electron chi connectivity index (χ2n) is 11.8. The van der Waals surface area contributed by atoms with Gasteiger partial charge in [-0.05, 0) is 56.7 Å². The Bertz CT molecular complexity index is 1180. The lowest BCUT2D eigenvalue weighted by Crippen LogP contribution is -2.60. The number of fused-ring (bicyclic) bond motifs is 1. The molecule has 0 radical (unpaired) electrons. The van der Waals surface area contributed by atoms with Crippen molar-refractivity contribution in [2.45, 2.75) is 102 Å². The molecule has 1 saturated carbocycles. The first-order valence-corrected chi connectivity index (χ1v) is 15.7. The van der Waals surface area contributed by atoms with E-state index in [1.807, 2.05) is 64.1 Å². The summed E-state index contributed by atoms with van der Waals surface area (Å²) in [6.07, 6.45) is 1.50. The van der Waals surface area contributed by atoms with Gasteiger partial charge in [-0.1, -0.05) is 50.6 Å². The molecule has 0 heterocycles. The van der Waals surface area contributed by atoms with E-state index in [1.54, 1.807) is 6.92 Å². The number of rotatable bonds is 8. The zero-order chi connectivity index (χ0) is 31.2. The van der Waals surface area contributed by atoms with E-state index in [0.29, 0.717) is 24.8 Å². The number of carbonyl (C=O) groups excluding carboxylic acids is 3. The van der Waals surface area contributed by atoms with Gasteiger partial charge in [0.05, 0.1) is 35.6 Å². The van der Waals surface area contributed by atoms with E-state index in [1.165, 1.54) is 25.8 Å². The summed E-state index contributed by atoms with van der Waals surface area (Å²) in [7, 11) is 1.31. The lowest BCUT2D eigenvalue weighted by Gasteiger charge is -2.54. The number of benzene rings is 1. The molecule has 0 amide bonds. The average molecular weight is 603 g/mol. The molecule has 0 aliphatic heterocycles. The minimum atomic E-state index is -1.11. The molecule has 9 heteroatoms. The molecule has 2 aliphatic rings. The predicted molar refractivity (Wildman–Crippen MR) is 162 cm³/mol. The summed E-state index contributed by atoms with van der Waals surface area (Å²) in [6, 6.07) is 9.74. The first kappa shape index (κ1) is 33.7. The number of aliphatic hydroxyl groups excluding tert-OH is 2. The fourth-order valence-electron chi connectivity index (χ4n) is 6.55. The van der Waals surface area contributed by atoms with Crippen molar-refractivity contribution in [3.05, 3.63) is 53.3 Å². The number of methoxy groups -OCH3 is 1. The van der Waals surface area contributed by atoms with Crippen molar-refractivity contribution in [2.24, 2.45) is 23.2 Å². The molecule has 2 N–H and O–H groups in total. The van der Waals surface area contributed by atoms with Gasteiger partial charge in [-0.15, -0.1) is 11.8 Å². The van der Waals surface area contributed by atoms with E-state index in [9.17, 15) is 24.6 Å². The number of hydrogen-bond donors (Lipinski definition) is 2. The van der Waals surface area contributed by atoms with Crippen molar-refractivity contribution in [2.75, 3.05) is 7.11 Å². The van der Waals surface area contributed by atoms with Gasteiger partial charge in [0.15, 0.2) is 0 Å². The van der Waals surface area contributed by atoms with Crippen molar-refractivity contribution < 1.29 is 38.8 Å². The van der Waals surface area contributed by atoms with Crippen molar-refractivity contribution >= 4 is 29.7 Å². The third-order valence-corrected chi connectivity index (χ3v) is 10.0. The Morgan fingerprint density at radius 2 is 1.81 bits per heavy atom. The normalized spacial score (nSPS) is 33.8. The van der Waals surface area contributed by atoms with E-state index in [0.717, 1.165) is 10.5 Å². The van der Waals surface area contributed by atoms with Crippen LogP contribution in [0.2, 0.25) is 0 Å². The van der Waals surface area contributed by atoms with Gasteiger partial charge in [0.2, 0.25) is 0 Å². The molecule has 0 spiro atoms. The number of allylic oxidation sites excluding steroid dienone is 2. The molecule has 2 aliphatic carbocycles. The van der Waals surface area contributed by atoms with Gasteiger partial charge >= 0.3 is 17.9 Å². The molecular formula is C33H46O8S. The third-order valence-electron chi connectivity index (χ3n) is 8.84. The topological polar surface area (TPSA) is 119 Å². The van der Waals surface area contributed by atoms with Crippen LogP contribution in [0.4, 0.5) is 0 Å². The van der Waals surface area contributed by atoms with Crippen LogP contribution in [0.15, 0.2) is 58.2 Å². The van der Waals surface area contributed by atoms with Gasteiger partial charge in [-0.2, -0.15) is 0 Å². The number of hydrogen-bond acceptors (Lipinski definition) is 9. The molecule has 232 valence electrons. The molecule has 8 nitrogen and oxygen atoms in total. The quantitative estimate of drug-likeness (QED) is 0.204. The van der Waals surface area contributed by atoms with Gasteiger partial charge < -0.3 is 24.4 Å². The molecule has 1 fully saturated rings. The summed E-state index contributed by atoms with van der Waals surface area (Å²) >= 11 is 1.51. The number of aliphatic hydroxyl groups is 2. The van der Waals surface area contributed by atoms with Gasteiger partial charge in [-0.3, -0.25) is 14.4 Å². The number of ether oxygens (including phenoxy) is 3. The Morgan fingerprint density at radius 3 is 2.40 bits per heavy atom. The molecule has 42 heavy (non-hydrogen) atoms. The highest BCUT2D eigenvalue weighted by Gasteiger charge is 2.59. The summed E-state index contributed by atoms with van der Waals surface area (Å²) in [6.45, 7) is 10.6. The van der Waals surface area contributed by atoms with E-state index in [-0.39, 0.29) is 24.6 Å². The molecular weight excluding hydrogens is 556 g/mol. The zero-order valence-electron chi connectivity index (χ0n) is 25.8. The fraction of sp³-hybridized carbons (Fsp3) is 0.606. The third kappa shape index (κ3) is 7.40. The Morgan fingerprint density at radius 1 is 1.14 bits per heavy atom. The minimum Gasteiger partial charge on any atom is -0.512 e. The molecule has 3 rings (SSSR count). The van der Waals surface area contributed by atoms with Crippen LogP contribution in [0.1, 0.15) is 73.6 Å². The maximum atomic E-state index is 13.1. The summed E-state index contributed by atoms with van der Waals surface area (Å²) in [5.41, 5.74) is 0.338. The first-order valence-electron chi connectivity index (χ1n) is 14.8. The van der Waals surface area contributed by atoms with Crippen LogP contribution in [-0.4, -0.2) is 58.8 Å². The summed E-state index contributed by atoms with van der Waals surface area (Å²) in [4.78, 5) is 39.3. The van der Waals surface area contributed by atoms with Crippen LogP contribution in [0.25, 0.3) is 0 Å². The molecule has 1 aromatic carbocycles. The SMILES string of the molecule is CCCC(=O)OC1CC/C(C)=C\C(Sc2ccccc2)/C([C@@H](C)C(=O)OC)=C(/O)[C@H]2[C@H](C)[C@H](O)C[C@H](OC(C)=O)[C@]12C. The van der Waals surface area contributed by atoms with Crippen molar-refractivity contribution in [3.8, 4) is 0 Å². The molecule has 0 bridgehead atoms. The maximum absolute atomic E-state index is 13.1. The lowest BCUT2D eigenvalue weighted by atomic mass is 9.55. The first-order chi connectivity index (χ1) is 19.8. The number of carbonyl (C=O) groups is 3. The second kappa shape index (κ2) is 14.6. The monoisotopic (exact) mass is 602 g/mol. The van der Waals surface area contributed by atoms with Gasteiger partial charge in [0.1, 0.15) is 12.2 Å². The van der Waals surface area contributed by atoms with E-state index in [4.69, 9.17) is 14.2 Å². The summed E-state index contributed by atoms with van der Waals surface area (Å²) < 4.78 is 17.1. The Balaban J connectivity index is 2.35. The van der Waals surface area contributed by atoms with Crippen molar-refractivity contribution in [1.82, 2.24) is 0 Å². The van der Waals surface area contributed by atoms with E-state index < -0.39 is 58.7 Å². The van der Waals surface area contributed by atoms with Crippen LogP contribution in [-0.2, 0) is 28.6 Å². The van der Waals surface area contributed by atoms with E-state index >= 15 is 0 Å². The van der Waals surface area contributed by atoms with Crippen molar-refractivity contribution in [1.29, 1.82) is 0 Å². The fourth-order valence-corrected chi connectivity index (χ4v) is 7.91. The largest absolute Gasteiger partial charge is 0.512 e. The highest BCUT2D eigenvalue weighted by atomic mass is 32.2. The van der Waals surface area contributed by atoms with Crippen molar-refractivity contribution in [3.63, 3.8) is 0 Å². The lowest BCUT2D eigenvalue weighted by molar-refractivity contribution is -0.203. The molecule has 0 saturated heterocycles. The van der Waals surface area contributed by atoms with Crippen LogP contribution in [0, 0.1) is 23.2 Å². The molecule has 0 aromatic heterocycles. The Hall–Kier alpha value is -2.78. The molecule has 8 atom stereocenters. The van der Waals surface area contributed by atoms with Crippen LogP contribution >= 0.6 is 11.8 Å². The molecule has 1 aromatic rings. The van der Waals surface area contributed by atoms with Gasteiger partial charge in [0.25, 0.3) is 0 Å². The number of thioether (sulfide) groups is 1. The number of esters is 3. The Labute approximate surface area is 253 Å². The van der Waals surface area contributed by atoms with Crippen LogP contribution < -0.4 is 0 Å².